The van der Waals surface area contributed by atoms with E-state index < -0.39 is 0 Å². The van der Waals surface area contributed by atoms with E-state index in [2.05, 4.69) is 17.6 Å². The average molecular weight is 425 g/mol. The molecule has 0 aliphatic heterocycles. The number of aryl methyl sites for hydroxylation is 2. The van der Waals surface area contributed by atoms with E-state index in [0.29, 0.717) is 11.3 Å². The van der Waals surface area contributed by atoms with Crippen LogP contribution in [0.3, 0.4) is 0 Å². The second kappa shape index (κ2) is 9.76. The predicted octanol–water partition coefficient (Wildman–Crippen LogP) is 6.13. The summed E-state index contributed by atoms with van der Waals surface area (Å²) >= 11 is 2.91. The van der Waals surface area contributed by atoms with E-state index in [1.54, 1.807) is 6.07 Å². The lowest BCUT2D eigenvalue weighted by Crippen LogP contribution is -2.24. The third-order valence-electron chi connectivity index (χ3n) is 4.55. The zero-order valence-electron chi connectivity index (χ0n) is 16.7. The van der Waals surface area contributed by atoms with Gasteiger partial charge in [-0.25, -0.2) is 0 Å². The van der Waals surface area contributed by atoms with Crippen molar-refractivity contribution in [2.75, 3.05) is 10.6 Å². The van der Waals surface area contributed by atoms with E-state index in [-0.39, 0.29) is 17.1 Å². The van der Waals surface area contributed by atoms with Gasteiger partial charge in [0.25, 0.3) is 5.91 Å². The van der Waals surface area contributed by atoms with E-state index in [1.807, 2.05) is 67.8 Å². The van der Waals surface area contributed by atoms with Gasteiger partial charge >= 0.3 is 0 Å². The number of carbonyl (C=O) groups excluding carboxylic acids is 2. The van der Waals surface area contributed by atoms with Crippen LogP contribution in [0.15, 0.2) is 64.9 Å². The van der Waals surface area contributed by atoms with Crippen molar-refractivity contribution in [2.24, 2.45) is 0 Å². The number of benzene rings is 2. The Labute approximate surface area is 179 Å². The van der Waals surface area contributed by atoms with Gasteiger partial charge in [0.1, 0.15) is 0 Å². The van der Waals surface area contributed by atoms with Crippen molar-refractivity contribution in [1.29, 1.82) is 0 Å². The monoisotopic (exact) mass is 424 g/mol. The number of thiophene rings is 1. The third-order valence-corrected chi connectivity index (χ3v) is 6.78. The summed E-state index contributed by atoms with van der Waals surface area (Å²) in [6.45, 7) is 6.09. The minimum Gasteiger partial charge on any atom is -0.325 e. The summed E-state index contributed by atoms with van der Waals surface area (Å²) in [6, 6.07) is 17.2. The first-order valence-electron chi connectivity index (χ1n) is 9.46. The molecule has 6 heteroatoms. The Kier molecular flexibility index (Phi) is 7.12. The van der Waals surface area contributed by atoms with Crippen LogP contribution in [0.25, 0.3) is 0 Å². The SMILES string of the molecule is CCC(Sc1cccc(NC(=O)c2cccs2)c1)C(=O)Nc1ccc(C)c(C)c1. The Morgan fingerprint density at radius 3 is 2.45 bits per heavy atom. The summed E-state index contributed by atoms with van der Waals surface area (Å²) in [6.07, 6.45) is 0.702. The van der Waals surface area contributed by atoms with Gasteiger partial charge in [0.2, 0.25) is 5.91 Å². The molecule has 2 amide bonds. The van der Waals surface area contributed by atoms with Crippen LogP contribution >= 0.6 is 23.1 Å². The first-order chi connectivity index (χ1) is 14.0. The normalized spacial score (nSPS) is 11.7. The summed E-state index contributed by atoms with van der Waals surface area (Å²) < 4.78 is 0. The number of hydrogen-bond acceptors (Lipinski definition) is 4. The van der Waals surface area contributed by atoms with E-state index in [0.717, 1.165) is 21.8 Å². The largest absolute Gasteiger partial charge is 0.325 e. The van der Waals surface area contributed by atoms with E-state index in [1.165, 1.54) is 28.7 Å². The highest BCUT2D eigenvalue weighted by Gasteiger charge is 2.18. The number of thioether (sulfide) groups is 1. The van der Waals surface area contributed by atoms with Gasteiger partial charge in [0, 0.05) is 16.3 Å². The van der Waals surface area contributed by atoms with Gasteiger partial charge < -0.3 is 10.6 Å². The molecule has 3 aromatic rings. The molecule has 0 spiro atoms. The molecule has 2 N–H and O–H groups in total. The van der Waals surface area contributed by atoms with Crippen LogP contribution in [0.2, 0.25) is 0 Å². The molecular weight excluding hydrogens is 400 g/mol. The van der Waals surface area contributed by atoms with Crippen LogP contribution in [0, 0.1) is 13.8 Å². The summed E-state index contributed by atoms with van der Waals surface area (Å²) in [4.78, 5) is 26.6. The maximum Gasteiger partial charge on any atom is 0.265 e. The zero-order valence-corrected chi connectivity index (χ0v) is 18.3. The Morgan fingerprint density at radius 1 is 0.966 bits per heavy atom. The minimum absolute atomic E-state index is 0.0197. The molecule has 1 atom stereocenters. The lowest BCUT2D eigenvalue weighted by Gasteiger charge is -2.16. The second-order valence-corrected chi connectivity index (χ2v) is 8.99. The molecular formula is C23H24N2O2S2. The number of hydrogen-bond donors (Lipinski definition) is 2. The quantitative estimate of drug-likeness (QED) is 0.449. The number of anilines is 2. The fourth-order valence-corrected chi connectivity index (χ4v) is 4.41. The number of rotatable bonds is 7. The molecule has 0 saturated heterocycles. The molecule has 0 radical (unpaired) electrons. The highest BCUT2D eigenvalue weighted by molar-refractivity contribution is 8.00. The average Bonchev–Trinajstić information content (AvgIpc) is 3.24. The Hall–Kier alpha value is -2.57. The number of carbonyl (C=O) groups is 2. The molecule has 0 fully saturated rings. The van der Waals surface area contributed by atoms with E-state index in [4.69, 9.17) is 0 Å². The standard InChI is InChI=1S/C23H24N2O2S2/c1-4-20(22(26)25-18-11-10-15(2)16(3)13-18)29-19-8-5-7-17(14-19)24-23(27)21-9-6-12-28-21/h5-14,20H,4H2,1-3H3,(H,24,27)(H,25,26). The van der Waals surface area contributed by atoms with Crippen LogP contribution in [-0.4, -0.2) is 17.1 Å². The lowest BCUT2D eigenvalue weighted by molar-refractivity contribution is -0.115. The smallest absolute Gasteiger partial charge is 0.265 e. The minimum atomic E-state index is -0.222. The van der Waals surface area contributed by atoms with Crippen molar-refractivity contribution in [1.82, 2.24) is 0 Å². The van der Waals surface area contributed by atoms with Gasteiger partial charge in [-0.2, -0.15) is 0 Å². The predicted molar refractivity (Wildman–Crippen MR) is 123 cm³/mol. The van der Waals surface area contributed by atoms with Crippen molar-refractivity contribution in [2.45, 2.75) is 37.3 Å². The Bertz CT molecular complexity index is 1000. The van der Waals surface area contributed by atoms with Crippen molar-refractivity contribution in [3.63, 3.8) is 0 Å². The summed E-state index contributed by atoms with van der Waals surface area (Å²) in [7, 11) is 0. The summed E-state index contributed by atoms with van der Waals surface area (Å²) in [5.74, 6) is -0.143. The van der Waals surface area contributed by atoms with Crippen LogP contribution in [-0.2, 0) is 4.79 Å². The molecule has 4 nitrogen and oxygen atoms in total. The van der Waals surface area contributed by atoms with Crippen LogP contribution in [0.5, 0.6) is 0 Å². The van der Waals surface area contributed by atoms with Gasteiger partial charge in [-0.15, -0.1) is 23.1 Å². The second-order valence-electron chi connectivity index (χ2n) is 6.76. The Balaban J connectivity index is 1.66. The van der Waals surface area contributed by atoms with E-state index >= 15 is 0 Å². The maximum absolute atomic E-state index is 12.8. The fraction of sp³-hybridized carbons (Fsp3) is 0.217. The number of nitrogens with one attached hydrogen (secondary N) is 2. The van der Waals surface area contributed by atoms with Gasteiger partial charge in [-0.1, -0.05) is 25.1 Å². The van der Waals surface area contributed by atoms with Crippen LogP contribution in [0.1, 0.15) is 34.1 Å². The van der Waals surface area contributed by atoms with Crippen molar-refractivity contribution in [3.05, 3.63) is 76.0 Å². The molecule has 0 saturated carbocycles. The van der Waals surface area contributed by atoms with Gasteiger partial charge in [0.05, 0.1) is 10.1 Å². The topological polar surface area (TPSA) is 58.2 Å². The molecule has 1 unspecified atom stereocenters. The highest BCUT2D eigenvalue weighted by Crippen LogP contribution is 2.29. The van der Waals surface area contributed by atoms with Crippen molar-refractivity contribution >= 4 is 46.3 Å². The molecule has 0 bridgehead atoms. The molecule has 150 valence electrons. The van der Waals surface area contributed by atoms with Crippen molar-refractivity contribution < 1.29 is 9.59 Å². The summed E-state index contributed by atoms with van der Waals surface area (Å²) in [5.41, 5.74) is 3.88. The number of amides is 2. The third kappa shape index (κ3) is 5.71. The molecule has 3 rings (SSSR count). The first kappa shape index (κ1) is 21.1. The highest BCUT2D eigenvalue weighted by atomic mass is 32.2. The van der Waals surface area contributed by atoms with Crippen LogP contribution in [0.4, 0.5) is 11.4 Å². The molecule has 2 aromatic carbocycles. The molecule has 0 aliphatic rings. The molecule has 1 aromatic heterocycles. The zero-order chi connectivity index (χ0) is 20.8. The van der Waals surface area contributed by atoms with Crippen molar-refractivity contribution in [3.8, 4) is 0 Å². The maximum atomic E-state index is 12.8. The van der Waals surface area contributed by atoms with Crippen LogP contribution < -0.4 is 10.6 Å². The fourth-order valence-electron chi connectivity index (χ4n) is 2.78. The van der Waals surface area contributed by atoms with Gasteiger partial charge in [-0.05, 0) is 73.2 Å². The first-order valence-corrected chi connectivity index (χ1v) is 11.2. The van der Waals surface area contributed by atoms with E-state index in [9.17, 15) is 9.59 Å². The molecule has 0 aliphatic carbocycles. The molecule has 29 heavy (non-hydrogen) atoms. The molecule has 1 heterocycles. The summed E-state index contributed by atoms with van der Waals surface area (Å²) in [5, 5.41) is 7.59. The lowest BCUT2D eigenvalue weighted by atomic mass is 10.1. The Morgan fingerprint density at radius 2 is 1.76 bits per heavy atom. The van der Waals surface area contributed by atoms with Gasteiger partial charge in [-0.3, -0.25) is 9.59 Å². The van der Waals surface area contributed by atoms with Gasteiger partial charge in [0.15, 0.2) is 0 Å².